The van der Waals surface area contributed by atoms with Crippen molar-refractivity contribution in [3.8, 4) is 0 Å². The molecule has 0 bridgehead atoms. The van der Waals surface area contributed by atoms with Crippen molar-refractivity contribution < 1.29 is 14.3 Å². The number of carbonyl (C=O) groups is 2. The van der Waals surface area contributed by atoms with Crippen molar-refractivity contribution in [1.29, 1.82) is 0 Å². The number of carbonyl (C=O) groups excluding carboxylic acids is 2. The second kappa shape index (κ2) is 9.33. The molecule has 0 fully saturated rings. The first-order valence-electron chi connectivity index (χ1n) is 8.58. The molecular formula is C19H25N3O3S. The fourth-order valence-corrected chi connectivity index (χ4v) is 2.85. The first-order chi connectivity index (χ1) is 12.3. The van der Waals surface area contributed by atoms with E-state index < -0.39 is 5.97 Å². The standard InChI is InChI=1S/C19H25N3O3S/c1-12(2)7-8-20-19-22-16(11-26-19)18(24)25-10-17(23)21-15-6-5-13(3)14(4)9-15/h5-6,9,11-12H,7-8,10H2,1-4H3,(H,20,22)(H,21,23). The van der Waals surface area contributed by atoms with Crippen LogP contribution in [0, 0.1) is 19.8 Å². The van der Waals surface area contributed by atoms with Gasteiger partial charge in [-0.3, -0.25) is 4.79 Å². The van der Waals surface area contributed by atoms with E-state index in [0.717, 1.165) is 24.1 Å². The highest BCUT2D eigenvalue weighted by Crippen LogP contribution is 2.17. The van der Waals surface area contributed by atoms with Gasteiger partial charge in [0.2, 0.25) is 0 Å². The zero-order valence-corrected chi connectivity index (χ0v) is 16.4. The summed E-state index contributed by atoms with van der Waals surface area (Å²) in [6, 6.07) is 5.63. The summed E-state index contributed by atoms with van der Waals surface area (Å²) in [4.78, 5) is 28.1. The van der Waals surface area contributed by atoms with Crippen molar-refractivity contribution in [1.82, 2.24) is 4.98 Å². The molecule has 7 heteroatoms. The SMILES string of the molecule is Cc1ccc(NC(=O)COC(=O)c2csc(NCCC(C)C)n2)cc1C. The summed E-state index contributed by atoms with van der Waals surface area (Å²) in [5.74, 6) is -0.386. The van der Waals surface area contributed by atoms with Crippen LogP contribution in [0.4, 0.5) is 10.8 Å². The predicted molar refractivity (Wildman–Crippen MR) is 105 cm³/mol. The molecule has 2 rings (SSSR count). The number of nitrogens with one attached hydrogen (secondary N) is 2. The van der Waals surface area contributed by atoms with Gasteiger partial charge in [-0.1, -0.05) is 19.9 Å². The second-order valence-corrected chi connectivity index (χ2v) is 7.43. The molecule has 2 aromatic rings. The molecule has 0 saturated heterocycles. The monoisotopic (exact) mass is 375 g/mol. The van der Waals surface area contributed by atoms with Gasteiger partial charge in [0.05, 0.1) is 0 Å². The quantitative estimate of drug-likeness (QED) is 0.681. The topological polar surface area (TPSA) is 80.3 Å². The van der Waals surface area contributed by atoms with Gasteiger partial charge in [0.15, 0.2) is 17.4 Å². The normalized spacial score (nSPS) is 10.7. The number of aryl methyl sites for hydroxylation is 2. The van der Waals surface area contributed by atoms with E-state index in [1.165, 1.54) is 11.3 Å². The Labute approximate surface area is 158 Å². The first kappa shape index (κ1) is 19.9. The van der Waals surface area contributed by atoms with Crippen LogP contribution in [0.15, 0.2) is 23.6 Å². The number of thiazole rings is 1. The van der Waals surface area contributed by atoms with Gasteiger partial charge in [0.1, 0.15) is 0 Å². The molecular weight excluding hydrogens is 350 g/mol. The summed E-state index contributed by atoms with van der Waals surface area (Å²) in [6.07, 6.45) is 1.03. The van der Waals surface area contributed by atoms with Crippen molar-refractivity contribution in [2.75, 3.05) is 23.8 Å². The molecule has 0 aliphatic heterocycles. The van der Waals surface area contributed by atoms with Gasteiger partial charge in [0, 0.05) is 17.6 Å². The molecule has 26 heavy (non-hydrogen) atoms. The summed E-state index contributed by atoms with van der Waals surface area (Å²) >= 11 is 1.35. The maximum atomic E-state index is 12.0. The number of hydrogen-bond acceptors (Lipinski definition) is 6. The van der Waals surface area contributed by atoms with E-state index >= 15 is 0 Å². The molecule has 1 heterocycles. The molecule has 1 aromatic carbocycles. The molecule has 0 aliphatic carbocycles. The zero-order chi connectivity index (χ0) is 19.1. The molecule has 0 unspecified atom stereocenters. The third-order valence-corrected chi connectivity index (χ3v) is 4.64. The number of benzene rings is 1. The number of hydrogen-bond donors (Lipinski definition) is 2. The van der Waals surface area contributed by atoms with Crippen LogP contribution >= 0.6 is 11.3 Å². The summed E-state index contributed by atoms with van der Waals surface area (Å²) in [5, 5.41) is 8.20. The lowest BCUT2D eigenvalue weighted by Gasteiger charge is -2.08. The largest absolute Gasteiger partial charge is 0.451 e. The lowest BCUT2D eigenvalue weighted by molar-refractivity contribution is -0.119. The number of ether oxygens (including phenoxy) is 1. The average molecular weight is 375 g/mol. The Morgan fingerprint density at radius 1 is 1.23 bits per heavy atom. The maximum absolute atomic E-state index is 12.0. The van der Waals surface area contributed by atoms with Crippen LogP contribution in [0.5, 0.6) is 0 Å². The molecule has 1 amide bonds. The van der Waals surface area contributed by atoms with E-state index in [9.17, 15) is 9.59 Å². The molecule has 6 nitrogen and oxygen atoms in total. The van der Waals surface area contributed by atoms with Crippen LogP contribution in [-0.4, -0.2) is 30.0 Å². The highest BCUT2D eigenvalue weighted by molar-refractivity contribution is 7.13. The van der Waals surface area contributed by atoms with Crippen LogP contribution in [0.2, 0.25) is 0 Å². The Hall–Kier alpha value is -2.41. The van der Waals surface area contributed by atoms with E-state index in [-0.39, 0.29) is 18.2 Å². The number of nitrogens with zero attached hydrogens (tertiary/aromatic N) is 1. The molecule has 140 valence electrons. The minimum Gasteiger partial charge on any atom is -0.451 e. The third kappa shape index (κ3) is 6.15. The van der Waals surface area contributed by atoms with Gasteiger partial charge in [-0.05, 0) is 49.4 Å². The van der Waals surface area contributed by atoms with Gasteiger partial charge in [-0.15, -0.1) is 11.3 Å². The van der Waals surface area contributed by atoms with Crippen molar-refractivity contribution in [3.63, 3.8) is 0 Å². The number of aromatic nitrogens is 1. The van der Waals surface area contributed by atoms with Crippen LogP contribution in [0.1, 0.15) is 41.9 Å². The van der Waals surface area contributed by atoms with Crippen molar-refractivity contribution >= 4 is 34.0 Å². The number of anilines is 2. The van der Waals surface area contributed by atoms with E-state index in [1.807, 2.05) is 32.0 Å². The van der Waals surface area contributed by atoms with Gasteiger partial charge in [-0.25, -0.2) is 9.78 Å². The van der Waals surface area contributed by atoms with E-state index in [2.05, 4.69) is 29.5 Å². The summed E-state index contributed by atoms with van der Waals surface area (Å²) in [7, 11) is 0. The van der Waals surface area contributed by atoms with Crippen molar-refractivity contribution in [2.24, 2.45) is 5.92 Å². The van der Waals surface area contributed by atoms with Gasteiger partial charge in [-0.2, -0.15) is 0 Å². The molecule has 0 saturated carbocycles. The summed E-state index contributed by atoms with van der Waals surface area (Å²) in [6.45, 7) is 8.73. The van der Waals surface area contributed by atoms with Crippen molar-refractivity contribution in [3.05, 3.63) is 40.4 Å². The number of amides is 1. The molecule has 2 N–H and O–H groups in total. The second-order valence-electron chi connectivity index (χ2n) is 6.57. The minimum absolute atomic E-state index is 0.209. The number of rotatable bonds is 8. The fourth-order valence-electron chi connectivity index (χ4n) is 2.14. The number of esters is 1. The predicted octanol–water partition coefficient (Wildman–Crippen LogP) is 4.01. The smallest absolute Gasteiger partial charge is 0.358 e. The Morgan fingerprint density at radius 3 is 2.69 bits per heavy atom. The van der Waals surface area contributed by atoms with Crippen LogP contribution < -0.4 is 10.6 Å². The lowest BCUT2D eigenvalue weighted by Crippen LogP contribution is -2.21. The van der Waals surface area contributed by atoms with Crippen molar-refractivity contribution in [2.45, 2.75) is 34.1 Å². The van der Waals surface area contributed by atoms with E-state index in [1.54, 1.807) is 5.38 Å². The maximum Gasteiger partial charge on any atom is 0.358 e. The third-order valence-electron chi connectivity index (χ3n) is 3.84. The highest BCUT2D eigenvalue weighted by atomic mass is 32.1. The molecule has 0 atom stereocenters. The Bertz CT molecular complexity index is 771. The summed E-state index contributed by atoms with van der Waals surface area (Å²) < 4.78 is 5.04. The van der Waals surface area contributed by atoms with Crippen LogP contribution in [0.3, 0.4) is 0 Å². The molecule has 0 radical (unpaired) electrons. The Kier molecular flexibility index (Phi) is 7.15. The molecule has 0 spiro atoms. The lowest BCUT2D eigenvalue weighted by atomic mass is 10.1. The van der Waals surface area contributed by atoms with Gasteiger partial charge in [0.25, 0.3) is 5.91 Å². The first-order valence-corrected chi connectivity index (χ1v) is 9.46. The van der Waals surface area contributed by atoms with Crippen LogP contribution in [0.25, 0.3) is 0 Å². The fraction of sp³-hybridized carbons (Fsp3) is 0.421. The Balaban J connectivity index is 1.79. The van der Waals surface area contributed by atoms with Gasteiger partial charge < -0.3 is 15.4 Å². The molecule has 1 aromatic heterocycles. The van der Waals surface area contributed by atoms with E-state index in [4.69, 9.17) is 4.74 Å². The highest BCUT2D eigenvalue weighted by Gasteiger charge is 2.14. The van der Waals surface area contributed by atoms with Gasteiger partial charge >= 0.3 is 5.97 Å². The summed E-state index contributed by atoms with van der Waals surface area (Å²) in [5.41, 5.74) is 3.12. The Morgan fingerprint density at radius 2 is 2.00 bits per heavy atom. The zero-order valence-electron chi connectivity index (χ0n) is 15.6. The van der Waals surface area contributed by atoms with Crippen LogP contribution in [-0.2, 0) is 9.53 Å². The average Bonchev–Trinajstić information content (AvgIpc) is 3.05. The van der Waals surface area contributed by atoms with E-state index in [0.29, 0.717) is 16.7 Å². The minimum atomic E-state index is -0.603. The molecule has 0 aliphatic rings.